The lowest BCUT2D eigenvalue weighted by atomic mass is 9.99. The molecule has 1 unspecified atom stereocenters. The molecular formula is C9H14N4O3. The first kappa shape index (κ1) is 11.0. The lowest BCUT2D eigenvalue weighted by Gasteiger charge is -2.19. The number of hydrogen-bond acceptors (Lipinski definition) is 6. The average molecular weight is 226 g/mol. The van der Waals surface area contributed by atoms with Crippen LogP contribution < -0.4 is 11.1 Å². The SMILES string of the molecule is Cc1noc(CNC(=O)C2(N)CCOC2)n1. The summed E-state index contributed by atoms with van der Waals surface area (Å²) in [5.74, 6) is 0.658. The molecule has 1 amide bonds. The number of nitrogens with zero attached hydrogens (tertiary/aromatic N) is 2. The summed E-state index contributed by atoms with van der Waals surface area (Å²) in [6, 6.07) is 0. The maximum Gasteiger partial charge on any atom is 0.246 e. The molecule has 7 heteroatoms. The van der Waals surface area contributed by atoms with Crippen LogP contribution in [0, 0.1) is 6.92 Å². The summed E-state index contributed by atoms with van der Waals surface area (Å²) in [5, 5.41) is 6.27. The van der Waals surface area contributed by atoms with Crippen molar-refractivity contribution in [2.45, 2.75) is 25.4 Å². The molecule has 1 aliphatic heterocycles. The smallest absolute Gasteiger partial charge is 0.246 e. The Labute approximate surface area is 92.3 Å². The summed E-state index contributed by atoms with van der Waals surface area (Å²) in [6.07, 6.45) is 0.529. The fourth-order valence-electron chi connectivity index (χ4n) is 1.50. The largest absolute Gasteiger partial charge is 0.379 e. The van der Waals surface area contributed by atoms with Gasteiger partial charge >= 0.3 is 0 Å². The van der Waals surface area contributed by atoms with E-state index in [1.54, 1.807) is 6.92 Å². The van der Waals surface area contributed by atoms with Gasteiger partial charge in [0.05, 0.1) is 13.2 Å². The van der Waals surface area contributed by atoms with Crippen LogP contribution in [0.25, 0.3) is 0 Å². The first-order chi connectivity index (χ1) is 7.60. The van der Waals surface area contributed by atoms with Crippen molar-refractivity contribution in [1.82, 2.24) is 15.5 Å². The van der Waals surface area contributed by atoms with E-state index >= 15 is 0 Å². The first-order valence-electron chi connectivity index (χ1n) is 5.04. The molecule has 0 aromatic carbocycles. The molecule has 3 N–H and O–H groups in total. The number of nitrogens with two attached hydrogens (primary N) is 1. The summed E-state index contributed by atoms with van der Waals surface area (Å²) < 4.78 is 9.96. The molecular weight excluding hydrogens is 212 g/mol. The van der Waals surface area contributed by atoms with Gasteiger partial charge in [0, 0.05) is 6.61 Å². The number of aromatic nitrogens is 2. The quantitative estimate of drug-likeness (QED) is 0.693. The number of aryl methyl sites for hydroxylation is 1. The molecule has 0 saturated carbocycles. The minimum absolute atomic E-state index is 0.193. The van der Waals surface area contributed by atoms with Gasteiger partial charge in [0.15, 0.2) is 5.82 Å². The average Bonchev–Trinajstić information content (AvgIpc) is 2.85. The number of carbonyl (C=O) groups is 1. The molecule has 1 atom stereocenters. The van der Waals surface area contributed by atoms with Crippen molar-refractivity contribution in [3.63, 3.8) is 0 Å². The minimum atomic E-state index is -0.922. The Kier molecular flexibility index (Phi) is 2.88. The molecule has 0 spiro atoms. The monoisotopic (exact) mass is 226 g/mol. The molecule has 1 aromatic rings. The van der Waals surface area contributed by atoms with E-state index in [4.69, 9.17) is 15.0 Å². The van der Waals surface area contributed by atoms with Crippen LogP contribution in [0.5, 0.6) is 0 Å². The maximum atomic E-state index is 11.7. The Morgan fingerprint density at radius 1 is 1.69 bits per heavy atom. The normalized spacial score (nSPS) is 24.6. The molecule has 1 saturated heterocycles. The molecule has 2 rings (SSSR count). The van der Waals surface area contributed by atoms with Crippen molar-refractivity contribution in [2.24, 2.45) is 5.73 Å². The molecule has 1 aliphatic rings. The Morgan fingerprint density at radius 3 is 3.06 bits per heavy atom. The van der Waals surface area contributed by atoms with Crippen LogP contribution in [-0.2, 0) is 16.1 Å². The van der Waals surface area contributed by atoms with Gasteiger partial charge in [-0.25, -0.2) is 0 Å². The second kappa shape index (κ2) is 4.18. The predicted molar refractivity (Wildman–Crippen MR) is 53.2 cm³/mol. The summed E-state index contributed by atoms with van der Waals surface area (Å²) in [4.78, 5) is 15.7. The van der Waals surface area contributed by atoms with Crippen molar-refractivity contribution in [3.05, 3.63) is 11.7 Å². The third kappa shape index (κ3) is 2.20. The summed E-state index contributed by atoms with van der Waals surface area (Å²) in [6.45, 7) is 2.67. The molecule has 1 fully saturated rings. The molecule has 1 aromatic heterocycles. The zero-order valence-corrected chi connectivity index (χ0v) is 9.02. The van der Waals surface area contributed by atoms with Crippen LogP contribution in [0.2, 0.25) is 0 Å². The zero-order valence-electron chi connectivity index (χ0n) is 9.02. The van der Waals surface area contributed by atoms with Gasteiger partial charge in [0.25, 0.3) is 0 Å². The highest BCUT2D eigenvalue weighted by atomic mass is 16.5. The topological polar surface area (TPSA) is 103 Å². The van der Waals surface area contributed by atoms with Gasteiger partial charge in [-0.1, -0.05) is 5.16 Å². The third-order valence-electron chi connectivity index (χ3n) is 2.47. The number of hydrogen-bond donors (Lipinski definition) is 2. The van der Waals surface area contributed by atoms with E-state index in [2.05, 4.69) is 15.5 Å². The third-order valence-corrected chi connectivity index (χ3v) is 2.47. The summed E-state index contributed by atoms with van der Waals surface area (Å²) in [7, 11) is 0. The molecule has 2 heterocycles. The zero-order chi connectivity index (χ0) is 11.6. The van der Waals surface area contributed by atoms with Crippen LogP contribution in [0.1, 0.15) is 18.1 Å². The molecule has 7 nitrogen and oxygen atoms in total. The van der Waals surface area contributed by atoms with Gasteiger partial charge in [-0.15, -0.1) is 0 Å². The molecule has 16 heavy (non-hydrogen) atoms. The molecule has 0 aliphatic carbocycles. The standard InChI is InChI=1S/C9H14N4O3/c1-6-12-7(16-13-6)4-11-8(14)9(10)2-3-15-5-9/h2-5,10H2,1H3,(H,11,14). The summed E-state index contributed by atoms with van der Waals surface area (Å²) >= 11 is 0. The Hall–Kier alpha value is -1.47. The molecule has 0 radical (unpaired) electrons. The second-order valence-electron chi connectivity index (χ2n) is 3.88. The van der Waals surface area contributed by atoms with Gasteiger partial charge in [-0.2, -0.15) is 4.98 Å². The van der Waals surface area contributed by atoms with E-state index in [9.17, 15) is 4.79 Å². The van der Waals surface area contributed by atoms with Crippen LogP contribution in [0.4, 0.5) is 0 Å². The molecule has 88 valence electrons. The van der Waals surface area contributed by atoms with Crippen LogP contribution >= 0.6 is 0 Å². The van der Waals surface area contributed by atoms with Gasteiger partial charge in [-0.05, 0) is 13.3 Å². The van der Waals surface area contributed by atoms with E-state index < -0.39 is 5.54 Å². The first-order valence-corrected chi connectivity index (χ1v) is 5.04. The van der Waals surface area contributed by atoms with Gasteiger partial charge in [0.1, 0.15) is 5.54 Å². The minimum Gasteiger partial charge on any atom is -0.379 e. The Balaban J connectivity index is 1.88. The summed E-state index contributed by atoms with van der Waals surface area (Å²) in [5.41, 5.74) is 4.95. The number of rotatable bonds is 3. The fourth-order valence-corrected chi connectivity index (χ4v) is 1.50. The number of carbonyl (C=O) groups excluding carboxylic acids is 1. The van der Waals surface area contributed by atoms with Crippen LogP contribution in [0.3, 0.4) is 0 Å². The lowest BCUT2D eigenvalue weighted by molar-refractivity contribution is -0.126. The molecule has 0 bridgehead atoms. The maximum absolute atomic E-state index is 11.7. The number of nitrogens with one attached hydrogen (secondary N) is 1. The lowest BCUT2D eigenvalue weighted by Crippen LogP contribution is -2.54. The van der Waals surface area contributed by atoms with E-state index in [1.165, 1.54) is 0 Å². The highest BCUT2D eigenvalue weighted by Crippen LogP contribution is 2.15. The Bertz CT molecular complexity index is 384. The predicted octanol–water partition coefficient (Wildman–Crippen LogP) is -0.888. The van der Waals surface area contributed by atoms with Crippen molar-refractivity contribution >= 4 is 5.91 Å². The van der Waals surface area contributed by atoms with Crippen molar-refractivity contribution < 1.29 is 14.1 Å². The van der Waals surface area contributed by atoms with Crippen molar-refractivity contribution in [1.29, 1.82) is 0 Å². The second-order valence-corrected chi connectivity index (χ2v) is 3.88. The van der Waals surface area contributed by atoms with E-state index in [0.717, 1.165) is 0 Å². The van der Waals surface area contributed by atoms with E-state index in [0.29, 0.717) is 24.7 Å². The van der Waals surface area contributed by atoms with E-state index in [1.807, 2.05) is 0 Å². The van der Waals surface area contributed by atoms with Crippen molar-refractivity contribution in [2.75, 3.05) is 13.2 Å². The van der Waals surface area contributed by atoms with Crippen molar-refractivity contribution in [3.8, 4) is 0 Å². The van der Waals surface area contributed by atoms with Crippen LogP contribution in [0.15, 0.2) is 4.52 Å². The van der Waals surface area contributed by atoms with Crippen LogP contribution in [-0.4, -0.2) is 34.8 Å². The van der Waals surface area contributed by atoms with Gasteiger partial charge in [0.2, 0.25) is 11.8 Å². The van der Waals surface area contributed by atoms with Gasteiger partial charge < -0.3 is 20.3 Å². The van der Waals surface area contributed by atoms with Gasteiger partial charge in [-0.3, -0.25) is 4.79 Å². The highest BCUT2D eigenvalue weighted by molar-refractivity contribution is 5.86. The highest BCUT2D eigenvalue weighted by Gasteiger charge is 2.38. The fraction of sp³-hybridized carbons (Fsp3) is 0.667. The van der Waals surface area contributed by atoms with E-state index in [-0.39, 0.29) is 19.1 Å². The Morgan fingerprint density at radius 2 is 2.50 bits per heavy atom. The number of ether oxygens (including phenoxy) is 1. The number of amides is 1.